The van der Waals surface area contributed by atoms with E-state index < -0.39 is 58.8 Å². The van der Waals surface area contributed by atoms with Crippen LogP contribution in [0.1, 0.15) is 19.3 Å². The Morgan fingerprint density at radius 1 is 0.364 bits per heavy atom. The molecule has 33 heavy (non-hydrogen) atoms. The first-order valence-corrected chi connectivity index (χ1v) is 45.1. The summed E-state index contributed by atoms with van der Waals surface area (Å²) in [4.78, 5) is 3.34. The highest BCUT2D eigenvalue weighted by Gasteiger charge is 2.76. The number of rotatable bonds is 9. The van der Waals surface area contributed by atoms with Gasteiger partial charge in [-0.1, -0.05) is 124 Å². The van der Waals surface area contributed by atoms with Gasteiger partial charge in [0.15, 0.2) is 0 Å². The van der Waals surface area contributed by atoms with Gasteiger partial charge in [0.25, 0.3) is 0 Å². The Bertz CT molecular complexity index is 537. The fraction of sp³-hybridized carbons (Fsp3) is 1.00. The van der Waals surface area contributed by atoms with E-state index >= 15 is 0 Å². The first-order chi connectivity index (χ1) is 14.2. The molecular formula is C24H65NSi8. The molecule has 1 saturated heterocycles. The summed E-state index contributed by atoms with van der Waals surface area (Å²) in [7, 11) is -8.27. The zero-order chi connectivity index (χ0) is 26.7. The molecule has 1 nitrogen and oxygen atoms in total. The van der Waals surface area contributed by atoms with E-state index in [1.54, 1.807) is 0 Å². The highest BCUT2D eigenvalue weighted by atomic mass is 30.0. The van der Waals surface area contributed by atoms with Crippen molar-refractivity contribution >= 4 is 58.8 Å². The molecule has 0 N–H and O–H groups in total. The Labute approximate surface area is 218 Å². The van der Waals surface area contributed by atoms with Crippen molar-refractivity contribution in [3.05, 3.63) is 0 Å². The van der Waals surface area contributed by atoms with Crippen LogP contribution in [0.25, 0.3) is 0 Å². The van der Waals surface area contributed by atoms with Crippen LogP contribution < -0.4 is 0 Å². The molecule has 0 aromatic heterocycles. The molecule has 1 fully saturated rings. The Kier molecular flexibility index (Phi) is 9.70. The van der Waals surface area contributed by atoms with Crippen LogP contribution in [0, 0.1) is 0 Å². The average Bonchev–Trinajstić information content (AvgIpc) is 2.47. The molecule has 0 aromatic carbocycles. The van der Waals surface area contributed by atoms with Gasteiger partial charge in [-0.2, -0.15) is 0 Å². The van der Waals surface area contributed by atoms with Crippen molar-refractivity contribution in [2.45, 2.75) is 142 Å². The fourth-order valence-corrected chi connectivity index (χ4v) is 261. The minimum absolute atomic E-state index is 1.10. The van der Waals surface area contributed by atoms with Gasteiger partial charge in [0, 0.05) is 45.5 Å². The lowest BCUT2D eigenvalue weighted by Crippen LogP contribution is -3.01. The number of hydrogen-bond acceptors (Lipinski definition) is 1. The SMILES string of the molecule is C[Si](C)(C)[Si](C(N1CCCCC1)[Si]([Si](C)(C)C)([Si](C)(C)C)[Si](C)(C)C)([Si](C)(C)C)[Si](C)(C)C. The van der Waals surface area contributed by atoms with Crippen LogP contribution in [-0.2, 0) is 0 Å². The Balaban J connectivity index is 4.53. The zero-order valence-corrected chi connectivity index (χ0v) is 34.6. The van der Waals surface area contributed by atoms with Crippen LogP contribution in [0.3, 0.4) is 0 Å². The molecule has 1 heterocycles. The molecule has 0 amide bonds. The molecule has 0 bridgehead atoms. The molecule has 0 spiro atoms. The highest BCUT2D eigenvalue weighted by molar-refractivity contribution is 7.98. The minimum Gasteiger partial charge on any atom is -0.307 e. The molecule has 1 aliphatic heterocycles. The van der Waals surface area contributed by atoms with Gasteiger partial charge in [0.1, 0.15) is 0 Å². The second kappa shape index (κ2) is 9.78. The van der Waals surface area contributed by atoms with E-state index in [0.717, 1.165) is 5.29 Å². The molecule has 0 aromatic rings. The molecule has 9 heteroatoms. The summed E-state index contributed by atoms with van der Waals surface area (Å²) in [5.41, 5.74) is 0. The predicted octanol–water partition coefficient (Wildman–Crippen LogP) is 8.32. The lowest BCUT2D eigenvalue weighted by atomic mass is 10.1. The van der Waals surface area contributed by atoms with E-state index in [9.17, 15) is 0 Å². The van der Waals surface area contributed by atoms with Crippen LogP contribution in [0.15, 0.2) is 0 Å². The van der Waals surface area contributed by atoms with Crippen LogP contribution in [0.2, 0.25) is 118 Å². The minimum atomic E-state index is -1.57. The maximum Gasteiger partial charge on any atom is 0.0526 e. The van der Waals surface area contributed by atoms with E-state index in [1.807, 2.05) is 0 Å². The highest BCUT2D eigenvalue weighted by Crippen LogP contribution is 2.51. The maximum atomic E-state index is 3.34. The van der Waals surface area contributed by atoms with Gasteiger partial charge < -0.3 is 4.90 Å². The first kappa shape index (κ1) is 32.7. The monoisotopic (exact) mass is 591 g/mol. The van der Waals surface area contributed by atoms with Crippen molar-refractivity contribution in [2.24, 2.45) is 0 Å². The van der Waals surface area contributed by atoms with Crippen molar-refractivity contribution in [2.75, 3.05) is 13.1 Å². The van der Waals surface area contributed by atoms with E-state index in [-0.39, 0.29) is 0 Å². The van der Waals surface area contributed by atoms with Crippen molar-refractivity contribution in [3.63, 3.8) is 0 Å². The smallest absolute Gasteiger partial charge is 0.0526 e. The molecule has 198 valence electrons. The van der Waals surface area contributed by atoms with Gasteiger partial charge in [-0.25, -0.2) is 0 Å². The van der Waals surface area contributed by atoms with Crippen LogP contribution in [0.4, 0.5) is 0 Å². The standard InChI is InChI=1S/C24H65NSi8/c1-26(2,3)32(27(4,5)6,28(7,8)9)24(25-22-20-19-21-23-25)33(29(10,11)12,30(13,14)15)31(16,17)18/h24H,19-23H2,1-18H3. The molecule has 0 unspecified atom stereocenters. The molecule has 0 radical (unpaired) electrons. The first-order valence-electron chi connectivity index (χ1n) is 14.0. The number of piperidine rings is 1. The van der Waals surface area contributed by atoms with Crippen molar-refractivity contribution < 1.29 is 0 Å². The third kappa shape index (κ3) is 5.33. The largest absolute Gasteiger partial charge is 0.307 e. The van der Waals surface area contributed by atoms with Crippen molar-refractivity contribution in [3.8, 4) is 0 Å². The lowest BCUT2D eigenvalue weighted by Gasteiger charge is -2.73. The summed E-state index contributed by atoms with van der Waals surface area (Å²) in [5.74, 6) is 0. The van der Waals surface area contributed by atoms with Crippen LogP contribution in [0.5, 0.6) is 0 Å². The number of likely N-dealkylation sites (tertiary alicyclic amines) is 1. The van der Waals surface area contributed by atoms with Gasteiger partial charge in [-0.05, 0) is 31.2 Å². The third-order valence-corrected chi connectivity index (χ3v) is 163. The van der Waals surface area contributed by atoms with Gasteiger partial charge >= 0.3 is 0 Å². The summed E-state index contributed by atoms with van der Waals surface area (Å²) in [6.07, 6.45) is 4.42. The fourth-order valence-electron chi connectivity index (χ4n) is 11.3. The summed E-state index contributed by atoms with van der Waals surface area (Å²) in [6, 6.07) is 0. The van der Waals surface area contributed by atoms with Crippen molar-refractivity contribution in [1.82, 2.24) is 4.90 Å². The van der Waals surface area contributed by atoms with Crippen LogP contribution in [-0.4, -0.2) is 82.1 Å². The van der Waals surface area contributed by atoms with Gasteiger partial charge in [0.2, 0.25) is 0 Å². The zero-order valence-electron chi connectivity index (χ0n) is 26.6. The van der Waals surface area contributed by atoms with E-state index in [4.69, 9.17) is 0 Å². The number of hydrogen-bond donors (Lipinski definition) is 0. The molecule has 0 saturated carbocycles. The average molecular weight is 592 g/mol. The molecule has 0 atom stereocenters. The van der Waals surface area contributed by atoms with Crippen LogP contribution >= 0.6 is 0 Å². The molecular weight excluding hydrogens is 527 g/mol. The number of nitrogens with zero attached hydrogens (tertiary/aromatic N) is 1. The summed E-state index contributed by atoms with van der Waals surface area (Å²) in [6.45, 7) is 51.8. The van der Waals surface area contributed by atoms with E-state index in [2.05, 4.69) is 123 Å². The quantitative estimate of drug-likeness (QED) is 0.244. The Morgan fingerprint density at radius 2 is 0.576 bits per heavy atom. The maximum absolute atomic E-state index is 3.34. The van der Waals surface area contributed by atoms with Gasteiger partial charge in [0.05, 0.1) is 13.3 Å². The Hall–Kier alpha value is 1.70. The normalized spacial score (nSPS) is 19.4. The second-order valence-electron chi connectivity index (χ2n) is 17.6. The molecule has 1 aliphatic rings. The summed E-state index contributed by atoms with van der Waals surface area (Å²) >= 11 is 0. The molecule has 0 aliphatic carbocycles. The molecule has 1 rings (SSSR count). The van der Waals surface area contributed by atoms with E-state index in [1.165, 1.54) is 32.4 Å². The van der Waals surface area contributed by atoms with E-state index in [0.29, 0.717) is 0 Å². The third-order valence-electron chi connectivity index (χ3n) is 9.67. The lowest BCUT2D eigenvalue weighted by molar-refractivity contribution is 0.241. The predicted molar refractivity (Wildman–Crippen MR) is 181 cm³/mol. The summed E-state index contributed by atoms with van der Waals surface area (Å²) in [5, 5.41) is 1.10. The Morgan fingerprint density at radius 3 is 0.758 bits per heavy atom. The van der Waals surface area contributed by atoms with Crippen molar-refractivity contribution in [1.29, 1.82) is 0 Å². The van der Waals surface area contributed by atoms with Gasteiger partial charge in [-0.3, -0.25) is 0 Å². The summed E-state index contributed by atoms with van der Waals surface area (Å²) < 4.78 is 0. The second-order valence-corrected chi connectivity index (χ2v) is 99.7. The topological polar surface area (TPSA) is 3.24 Å². The van der Waals surface area contributed by atoms with Gasteiger partial charge in [-0.15, -0.1) is 0 Å².